The first-order chi connectivity index (χ1) is 10.8. The third-order valence-corrected chi connectivity index (χ3v) is 4.61. The molecule has 4 heteroatoms. The summed E-state index contributed by atoms with van der Waals surface area (Å²) >= 11 is 6.31. The summed E-state index contributed by atoms with van der Waals surface area (Å²) < 4.78 is 1.89. The van der Waals surface area contributed by atoms with Crippen molar-refractivity contribution in [3.8, 4) is 5.69 Å². The number of carbonyl (C=O) groups excluding carboxylic acids is 1. The fourth-order valence-electron chi connectivity index (χ4n) is 3.35. The zero-order valence-electron chi connectivity index (χ0n) is 11.4. The lowest BCUT2D eigenvalue weighted by Crippen LogP contribution is -2.32. The van der Waals surface area contributed by atoms with Gasteiger partial charge in [-0.3, -0.25) is 4.79 Å². The number of aromatic amines is 1. The Hall–Kier alpha value is -2.65. The Bertz CT molecular complexity index is 1110. The van der Waals surface area contributed by atoms with Gasteiger partial charge >= 0.3 is 0 Å². The molecule has 0 atom stereocenters. The molecule has 4 aromatic rings. The molecule has 5 rings (SSSR count). The second-order valence-corrected chi connectivity index (χ2v) is 5.87. The Balaban J connectivity index is 1.98. The van der Waals surface area contributed by atoms with Gasteiger partial charge in [0, 0.05) is 22.4 Å². The van der Waals surface area contributed by atoms with Crippen LogP contribution in [0.3, 0.4) is 0 Å². The van der Waals surface area contributed by atoms with Gasteiger partial charge in [-0.2, -0.15) is 4.57 Å². The Morgan fingerprint density at radius 1 is 0.955 bits per heavy atom. The van der Waals surface area contributed by atoms with E-state index in [2.05, 4.69) is 11.1 Å². The number of hydrogen-bond donors (Lipinski definition) is 1. The molecule has 0 radical (unpaired) electrons. The normalized spacial score (nSPS) is 12.9. The smallest absolute Gasteiger partial charge is 0.284 e. The summed E-state index contributed by atoms with van der Waals surface area (Å²) in [6.45, 7) is 0. The number of carbonyl (C=O) groups is 1. The van der Waals surface area contributed by atoms with E-state index in [1.807, 2.05) is 53.2 Å². The number of fused-ring (bicyclic) bond motifs is 7. The number of halogens is 1. The predicted octanol–water partition coefficient (Wildman–Crippen LogP) is 3.80. The van der Waals surface area contributed by atoms with Gasteiger partial charge < -0.3 is 4.98 Å². The fourth-order valence-corrected chi connectivity index (χ4v) is 3.61. The average molecular weight is 306 g/mol. The highest BCUT2D eigenvalue weighted by atomic mass is 35.5. The number of nitrogens with zero attached hydrogens (tertiary/aromatic N) is 1. The molecule has 0 unspecified atom stereocenters. The number of H-pyrrole nitrogens is 1. The van der Waals surface area contributed by atoms with E-state index in [0.29, 0.717) is 16.3 Å². The van der Waals surface area contributed by atoms with Crippen molar-refractivity contribution in [2.24, 2.45) is 0 Å². The standard InChI is InChI=1S/C18H9ClN2O/c19-13-6-3-5-12-16(13)21-9-8-11-10-4-1-2-7-14(10)20-15(11)17(21)18(12)22/h1-9H/p+1. The quantitative estimate of drug-likeness (QED) is 0.434. The van der Waals surface area contributed by atoms with Crippen molar-refractivity contribution in [2.75, 3.05) is 0 Å². The number of hydrogen-bond acceptors (Lipinski definition) is 1. The van der Waals surface area contributed by atoms with Gasteiger partial charge in [-0.25, -0.2) is 0 Å². The maximum Gasteiger partial charge on any atom is 0.284 e. The van der Waals surface area contributed by atoms with E-state index in [1.165, 1.54) is 0 Å². The molecule has 0 amide bonds. The molecule has 0 spiro atoms. The first kappa shape index (κ1) is 12.0. The van der Waals surface area contributed by atoms with Crippen LogP contribution in [0.1, 0.15) is 16.1 Å². The lowest BCUT2D eigenvalue weighted by Gasteiger charge is -1.96. The Morgan fingerprint density at radius 3 is 2.73 bits per heavy atom. The van der Waals surface area contributed by atoms with Gasteiger partial charge in [0.25, 0.3) is 11.5 Å². The first-order valence-corrected chi connectivity index (χ1v) is 7.42. The zero-order chi connectivity index (χ0) is 14.8. The van der Waals surface area contributed by atoms with Crippen LogP contribution in [0, 0.1) is 0 Å². The number of nitrogens with one attached hydrogen (secondary N) is 1. The molecule has 3 nitrogen and oxygen atoms in total. The molecule has 3 heterocycles. The molecule has 2 aromatic heterocycles. The minimum Gasteiger partial charge on any atom is -0.349 e. The SMILES string of the molecule is O=C1c2cccc(Cl)c2-[n+]2ccc3c([nH]c4ccccc43)c21. The molecule has 0 saturated heterocycles. The Kier molecular flexibility index (Phi) is 2.15. The number of benzene rings is 2. The van der Waals surface area contributed by atoms with Crippen LogP contribution in [0.15, 0.2) is 54.7 Å². The van der Waals surface area contributed by atoms with Crippen LogP contribution in [0.25, 0.3) is 27.5 Å². The van der Waals surface area contributed by atoms with E-state index in [1.54, 1.807) is 0 Å². The minimum atomic E-state index is 0.00894. The number of aromatic nitrogens is 2. The van der Waals surface area contributed by atoms with Crippen LogP contribution in [0.5, 0.6) is 0 Å². The van der Waals surface area contributed by atoms with Crippen LogP contribution in [0.2, 0.25) is 5.02 Å². The number of rotatable bonds is 0. The van der Waals surface area contributed by atoms with Crippen LogP contribution in [0.4, 0.5) is 0 Å². The largest absolute Gasteiger partial charge is 0.349 e. The molecule has 0 aliphatic carbocycles. The van der Waals surface area contributed by atoms with Crippen molar-refractivity contribution in [1.82, 2.24) is 4.98 Å². The Labute approximate surface area is 130 Å². The fraction of sp³-hybridized carbons (Fsp3) is 0. The van der Waals surface area contributed by atoms with Gasteiger partial charge in [0.05, 0.1) is 0 Å². The van der Waals surface area contributed by atoms with Crippen molar-refractivity contribution >= 4 is 39.2 Å². The molecule has 0 fully saturated rings. The van der Waals surface area contributed by atoms with E-state index in [9.17, 15) is 4.79 Å². The van der Waals surface area contributed by atoms with E-state index >= 15 is 0 Å². The molecular weight excluding hydrogens is 296 g/mol. The topological polar surface area (TPSA) is 36.7 Å². The average Bonchev–Trinajstić information content (AvgIpc) is 3.04. The van der Waals surface area contributed by atoms with Crippen molar-refractivity contribution in [2.45, 2.75) is 0 Å². The molecule has 1 aliphatic rings. The number of pyridine rings is 1. The van der Waals surface area contributed by atoms with Gasteiger partial charge in [0.2, 0.25) is 5.69 Å². The van der Waals surface area contributed by atoms with Gasteiger partial charge in [0.1, 0.15) is 16.1 Å². The summed E-state index contributed by atoms with van der Waals surface area (Å²) in [7, 11) is 0. The van der Waals surface area contributed by atoms with Crippen molar-refractivity contribution < 1.29 is 9.36 Å². The Morgan fingerprint density at radius 2 is 1.82 bits per heavy atom. The van der Waals surface area contributed by atoms with E-state index < -0.39 is 0 Å². The van der Waals surface area contributed by atoms with Crippen LogP contribution in [-0.4, -0.2) is 10.8 Å². The summed E-state index contributed by atoms with van der Waals surface area (Å²) in [6, 6.07) is 15.5. The summed E-state index contributed by atoms with van der Waals surface area (Å²) in [4.78, 5) is 16.2. The van der Waals surface area contributed by atoms with Crippen molar-refractivity contribution in [3.05, 3.63) is 71.0 Å². The van der Waals surface area contributed by atoms with Gasteiger partial charge in [-0.15, -0.1) is 0 Å². The molecule has 0 bridgehead atoms. The van der Waals surface area contributed by atoms with Gasteiger partial charge in [-0.1, -0.05) is 35.9 Å². The lowest BCUT2D eigenvalue weighted by atomic mass is 10.1. The van der Waals surface area contributed by atoms with E-state index in [0.717, 1.165) is 27.5 Å². The molecule has 1 N–H and O–H groups in total. The maximum atomic E-state index is 12.8. The first-order valence-electron chi connectivity index (χ1n) is 7.04. The van der Waals surface area contributed by atoms with E-state index in [-0.39, 0.29) is 5.78 Å². The van der Waals surface area contributed by atoms with Crippen molar-refractivity contribution in [3.63, 3.8) is 0 Å². The van der Waals surface area contributed by atoms with Crippen LogP contribution < -0.4 is 4.57 Å². The molecule has 2 aromatic carbocycles. The minimum absolute atomic E-state index is 0.00894. The van der Waals surface area contributed by atoms with Crippen LogP contribution in [-0.2, 0) is 0 Å². The summed E-state index contributed by atoms with van der Waals surface area (Å²) in [5.41, 5.74) is 3.96. The second kappa shape index (κ2) is 3.96. The summed E-state index contributed by atoms with van der Waals surface area (Å²) in [5, 5.41) is 2.76. The van der Waals surface area contributed by atoms with Gasteiger partial charge in [0.15, 0.2) is 6.20 Å². The monoisotopic (exact) mass is 305 g/mol. The summed E-state index contributed by atoms with van der Waals surface area (Å²) in [6.07, 6.45) is 1.92. The third kappa shape index (κ3) is 1.32. The highest BCUT2D eigenvalue weighted by molar-refractivity contribution is 6.33. The molecule has 22 heavy (non-hydrogen) atoms. The highest BCUT2D eigenvalue weighted by Crippen LogP contribution is 2.33. The lowest BCUT2D eigenvalue weighted by molar-refractivity contribution is -0.592. The number of ketones is 1. The molecule has 1 aliphatic heterocycles. The third-order valence-electron chi connectivity index (χ3n) is 4.30. The van der Waals surface area contributed by atoms with E-state index in [4.69, 9.17) is 11.6 Å². The predicted molar refractivity (Wildman–Crippen MR) is 85.8 cm³/mol. The maximum absolute atomic E-state index is 12.8. The zero-order valence-corrected chi connectivity index (χ0v) is 12.2. The highest BCUT2D eigenvalue weighted by Gasteiger charge is 2.39. The van der Waals surface area contributed by atoms with Gasteiger partial charge in [-0.05, 0) is 18.2 Å². The number of para-hydroxylation sites is 2. The molecule has 104 valence electrons. The summed E-state index contributed by atoms with van der Waals surface area (Å²) in [5.74, 6) is 0.00894. The molecular formula is C18H10ClN2O+. The second-order valence-electron chi connectivity index (χ2n) is 5.46. The van der Waals surface area contributed by atoms with Crippen molar-refractivity contribution in [1.29, 1.82) is 0 Å². The molecule has 0 saturated carbocycles. The van der Waals surface area contributed by atoms with Crippen LogP contribution >= 0.6 is 11.6 Å².